The fourth-order valence-corrected chi connectivity index (χ4v) is 2.81. The van der Waals surface area contributed by atoms with Crippen LogP contribution in [-0.2, 0) is 4.79 Å². The van der Waals surface area contributed by atoms with Crippen molar-refractivity contribution in [3.05, 3.63) is 0 Å². The smallest absolute Gasteiger partial charge is 0.353 e. The average Bonchev–Trinajstić information content (AvgIpc) is 1.95. The van der Waals surface area contributed by atoms with Gasteiger partial charge in [0.15, 0.2) is 0 Å². The Morgan fingerprint density at radius 2 is 1.88 bits per heavy atom. The maximum Gasteiger partial charge on any atom is 0.394 e. The van der Waals surface area contributed by atoms with Crippen molar-refractivity contribution in [2.24, 2.45) is 10.8 Å². The Labute approximate surface area is 92.6 Å². The summed E-state index contributed by atoms with van der Waals surface area (Å²) in [4.78, 5) is 11.7. The summed E-state index contributed by atoms with van der Waals surface area (Å²) in [5.74, 6) is -0.187. The van der Waals surface area contributed by atoms with Gasteiger partial charge < -0.3 is 5.32 Å². The van der Waals surface area contributed by atoms with Crippen molar-refractivity contribution in [1.82, 2.24) is 5.32 Å². The molecule has 3 aliphatic carbocycles. The molecular formula is C11H16F3NO. The van der Waals surface area contributed by atoms with Crippen LogP contribution < -0.4 is 5.32 Å². The normalized spacial score (nSPS) is 38.3. The predicted octanol–water partition coefficient (Wildman–Crippen LogP) is 2.63. The van der Waals surface area contributed by atoms with Crippen LogP contribution in [0.4, 0.5) is 13.2 Å². The van der Waals surface area contributed by atoms with Crippen molar-refractivity contribution in [1.29, 1.82) is 0 Å². The zero-order valence-electron chi connectivity index (χ0n) is 9.45. The minimum absolute atomic E-state index is 0.00817. The number of carbonyl (C=O) groups is 1. The lowest BCUT2D eigenvalue weighted by atomic mass is 9.34. The van der Waals surface area contributed by atoms with Crippen LogP contribution in [0.15, 0.2) is 0 Å². The molecule has 0 aromatic carbocycles. The zero-order chi connectivity index (χ0) is 12.2. The van der Waals surface area contributed by atoms with Crippen LogP contribution in [0.2, 0.25) is 0 Å². The third kappa shape index (κ3) is 1.36. The molecule has 3 rings (SSSR count). The van der Waals surface area contributed by atoms with E-state index in [0.717, 1.165) is 6.42 Å². The topological polar surface area (TPSA) is 29.1 Å². The lowest BCUT2D eigenvalue weighted by Crippen LogP contribution is -2.73. The molecule has 2 bridgehead atoms. The summed E-state index contributed by atoms with van der Waals surface area (Å²) < 4.78 is 37.7. The summed E-state index contributed by atoms with van der Waals surface area (Å²) in [6.45, 7) is 3.80. The van der Waals surface area contributed by atoms with E-state index in [1.807, 2.05) is 13.8 Å². The molecule has 0 aromatic heterocycles. The minimum atomic E-state index is -4.13. The van der Waals surface area contributed by atoms with Crippen LogP contribution in [0.1, 0.15) is 39.5 Å². The van der Waals surface area contributed by atoms with Crippen LogP contribution >= 0.6 is 0 Å². The molecular weight excluding hydrogens is 219 g/mol. The van der Waals surface area contributed by atoms with E-state index >= 15 is 0 Å². The van der Waals surface area contributed by atoms with Crippen molar-refractivity contribution < 1.29 is 18.0 Å². The minimum Gasteiger partial charge on any atom is -0.353 e. The Bertz CT molecular complexity index is 304. The van der Waals surface area contributed by atoms with Gasteiger partial charge in [-0.15, -0.1) is 0 Å². The summed E-state index contributed by atoms with van der Waals surface area (Å²) in [5, 5.41) is 2.77. The highest BCUT2D eigenvalue weighted by atomic mass is 19.4. The predicted molar refractivity (Wildman–Crippen MR) is 52.7 cm³/mol. The van der Waals surface area contributed by atoms with Crippen LogP contribution in [0.25, 0.3) is 0 Å². The van der Waals surface area contributed by atoms with E-state index in [0.29, 0.717) is 0 Å². The quantitative estimate of drug-likeness (QED) is 0.800. The van der Waals surface area contributed by atoms with Crippen LogP contribution in [-0.4, -0.2) is 18.1 Å². The Hall–Kier alpha value is -0.740. The summed E-state index contributed by atoms with van der Waals surface area (Å²) in [5.41, 5.74) is -2.22. The number of halogens is 3. The third-order valence-corrected chi connectivity index (χ3v) is 4.10. The summed E-state index contributed by atoms with van der Waals surface area (Å²) in [6, 6.07) is 0.0448. The summed E-state index contributed by atoms with van der Waals surface area (Å²) in [6.07, 6.45) is -3.36. The average molecular weight is 235 g/mol. The highest BCUT2D eigenvalue weighted by Gasteiger charge is 2.80. The molecule has 3 saturated carbocycles. The van der Waals surface area contributed by atoms with Crippen molar-refractivity contribution in [3.63, 3.8) is 0 Å². The molecule has 1 amide bonds. The fraction of sp³-hybridized carbons (Fsp3) is 0.909. The molecule has 1 atom stereocenters. The van der Waals surface area contributed by atoms with E-state index in [2.05, 4.69) is 5.32 Å². The van der Waals surface area contributed by atoms with Crippen molar-refractivity contribution in [2.75, 3.05) is 0 Å². The lowest BCUT2D eigenvalue weighted by Gasteiger charge is -2.69. The SMILES string of the molecule is CCC(C)NC(=O)C12CC(C(F)(F)F)(C1)C2. The van der Waals surface area contributed by atoms with E-state index in [1.54, 1.807) is 0 Å². The molecule has 0 saturated heterocycles. The molecule has 0 spiro atoms. The van der Waals surface area contributed by atoms with E-state index in [9.17, 15) is 18.0 Å². The van der Waals surface area contributed by atoms with E-state index in [4.69, 9.17) is 0 Å². The number of hydrogen-bond acceptors (Lipinski definition) is 1. The van der Waals surface area contributed by atoms with Crippen molar-refractivity contribution >= 4 is 5.91 Å². The Kier molecular flexibility index (Phi) is 2.30. The summed E-state index contributed by atoms with van der Waals surface area (Å²) >= 11 is 0. The molecule has 0 radical (unpaired) electrons. The molecule has 1 unspecified atom stereocenters. The van der Waals surface area contributed by atoms with Gasteiger partial charge in [0.1, 0.15) is 0 Å². The number of alkyl halides is 3. The van der Waals surface area contributed by atoms with Crippen LogP contribution in [0, 0.1) is 10.8 Å². The van der Waals surface area contributed by atoms with Gasteiger partial charge in [-0.1, -0.05) is 6.92 Å². The molecule has 0 aromatic rings. The molecule has 5 heteroatoms. The lowest BCUT2D eigenvalue weighted by molar-refractivity contribution is -0.351. The maximum atomic E-state index is 12.6. The van der Waals surface area contributed by atoms with E-state index in [-0.39, 0.29) is 31.2 Å². The van der Waals surface area contributed by atoms with Gasteiger partial charge in [-0.25, -0.2) is 0 Å². The molecule has 16 heavy (non-hydrogen) atoms. The molecule has 0 heterocycles. The number of amides is 1. The van der Waals surface area contributed by atoms with Gasteiger partial charge in [0.25, 0.3) is 0 Å². The number of nitrogens with one attached hydrogen (secondary N) is 1. The van der Waals surface area contributed by atoms with Gasteiger partial charge in [-0.3, -0.25) is 4.79 Å². The largest absolute Gasteiger partial charge is 0.394 e. The molecule has 3 aliphatic rings. The number of hydrogen-bond donors (Lipinski definition) is 1. The first-order valence-corrected chi connectivity index (χ1v) is 5.62. The first-order chi connectivity index (χ1) is 7.25. The highest BCUT2D eigenvalue weighted by molar-refractivity contribution is 5.86. The molecule has 2 nitrogen and oxygen atoms in total. The first-order valence-electron chi connectivity index (χ1n) is 5.62. The molecule has 92 valence electrons. The van der Waals surface area contributed by atoms with Crippen LogP contribution in [0.5, 0.6) is 0 Å². The second kappa shape index (κ2) is 3.14. The molecule has 1 N–H and O–H groups in total. The first kappa shape index (κ1) is 11.7. The third-order valence-electron chi connectivity index (χ3n) is 4.10. The number of rotatable bonds is 3. The second-order valence-electron chi connectivity index (χ2n) is 5.37. The van der Waals surface area contributed by atoms with Crippen molar-refractivity contribution in [3.8, 4) is 0 Å². The Morgan fingerprint density at radius 1 is 1.38 bits per heavy atom. The van der Waals surface area contributed by atoms with Gasteiger partial charge in [0.2, 0.25) is 5.91 Å². The Balaban J connectivity index is 1.91. The van der Waals surface area contributed by atoms with E-state index in [1.165, 1.54) is 0 Å². The second-order valence-corrected chi connectivity index (χ2v) is 5.37. The van der Waals surface area contributed by atoms with Gasteiger partial charge in [-0.05, 0) is 32.6 Å². The monoisotopic (exact) mass is 235 g/mol. The molecule has 3 fully saturated rings. The van der Waals surface area contributed by atoms with Gasteiger partial charge in [0, 0.05) is 6.04 Å². The summed E-state index contributed by atoms with van der Waals surface area (Å²) in [7, 11) is 0. The highest BCUT2D eigenvalue weighted by Crippen LogP contribution is 2.78. The zero-order valence-corrected chi connectivity index (χ0v) is 9.45. The fourth-order valence-electron chi connectivity index (χ4n) is 2.81. The van der Waals surface area contributed by atoms with Crippen LogP contribution in [0.3, 0.4) is 0 Å². The van der Waals surface area contributed by atoms with Crippen molar-refractivity contribution in [2.45, 2.75) is 51.7 Å². The number of carbonyl (C=O) groups excluding carboxylic acids is 1. The van der Waals surface area contributed by atoms with Gasteiger partial charge in [-0.2, -0.15) is 13.2 Å². The Morgan fingerprint density at radius 3 is 2.25 bits per heavy atom. The van der Waals surface area contributed by atoms with Gasteiger partial charge >= 0.3 is 6.18 Å². The van der Waals surface area contributed by atoms with E-state index < -0.39 is 17.0 Å². The van der Waals surface area contributed by atoms with Gasteiger partial charge in [0.05, 0.1) is 10.8 Å². The maximum absolute atomic E-state index is 12.6. The molecule has 0 aliphatic heterocycles. The standard InChI is InChI=1S/C11H16F3NO/c1-3-7(2)15-8(16)9-4-10(5-9,6-9)11(12,13)14/h7H,3-6H2,1-2H3,(H,15,16).